The molecule has 1 aromatic carbocycles. The quantitative estimate of drug-likeness (QED) is 0.560. The number of pyridine rings is 1. The van der Waals surface area contributed by atoms with Crippen LogP contribution in [0.15, 0.2) is 42.6 Å². The summed E-state index contributed by atoms with van der Waals surface area (Å²) < 4.78 is 1.55. The Kier molecular flexibility index (Phi) is 5.45. The number of anilines is 1. The molecule has 3 heterocycles. The number of carbonyl (C=O) groups excluding carboxylic acids is 1. The van der Waals surface area contributed by atoms with E-state index in [2.05, 4.69) is 51.5 Å². The van der Waals surface area contributed by atoms with E-state index in [1.54, 1.807) is 18.4 Å². The van der Waals surface area contributed by atoms with Crippen molar-refractivity contribution in [2.24, 2.45) is 0 Å². The molecule has 8 heteroatoms. The van der Waals surface area contributed by atoms with Crippen LogP contribution < -0.4 is 10.2 Å². The molecule has 1 aliphatic heterocycles. The van der Waals surface area contributed by atoms with Crippen LogP contribution in [0.4, 0.5) is 5.69 Å². The molecule has 1 aliphatic rings. The third-order valence-electron chi connectivity index (χ3n) is 5.86. The van der Waals surface area contributed by atoms with Gasteiger partial charge in [0.25, 0.3) is 5.91 Å². The monoisotopic (exact) mass is 423 g/mol. The van der Waals surface area contributed by atoms with Gasteiger partial charge in [-0.25, -0.2) is 9.50 Å². The number of nitrogens with one attached hydrogen (secondary N) is 1. The van der Waals surface area contributed by atoms with Crippen LogP contribution in [0.5, 0.6) is 0 Å². The molecule has 2 aromatic heterocycles. The highest BCUT2D eigenvalue weighted by atomic mass is 16.3. The first-order valence-corrected chi connectivity index (χ1v) is 10.5. The van der Waals surface area contributed by atoms with E-state index in [4.69, 9.17) is 0 Å². The number of aliphatic hydroxyl groups is 2. The summed E-state index contributed by atoms with van der Waals surface area (Å²) in [6.45, 7) is 7.11. The lowest BCUT2D eigenvalue weighted by Crippen LogP contribution is -2.38. The van der Waals surface area contributed by atoms with Crippen LogP contribution in [-0.4, -0.2) is 56.0 Å². The van der Waals surface area contributed by atoms with Crippen LogP contribution in [0.1, 0.15) is 48.9 Å². The number of nitrogens with zero attached hydrogens (tertiary/aromatic N) is 4. The molecule has 1 saturated heterocycles. The van der Waals surface area contributed by atoms with Gasteiger partial charge in [-0.3, -0.25) is 4.79 Å². The van der Waals surface area contributed by atoms with E-state index < -0.39 is 11.5 Å². The van der Waals surface area contributed by atoms with E-state index in [0.29, 0.717) is 11.2 Å². The topological polar surface area (TPSA) is 103 Å². The Morgan fingerprint density at radius 2 is 2.03 bits per heavy atom. The first kappa shape index (κ1) is 21.3. The van der Waals surface area contributed by atoms with Gasteiger partial charge in [0, 0.05) is 30.6 Å². The van der Waals surface area contributed by atoms with Crippen LogP contribution in [0, 0.1) is 0 Å². The molecule has 3 N–H and O–H groups in total. The van der Waals surface area contributed by atoms with Crippen molar-refractivity contribution in [3.05, 3.63) is 59.5 Å². The number of rotatable bonds is 6. The molecule has 164 valence electrons. The standard InChI is InChI=1S/C23H29N5O3/c1-22(2,31)14-24-21(30)19-25-20-16(13-29)11-18(12-28(20)26-19)27-10-9-23(3,15-27)17-7-5-4-6-8-17/h4-8,11-12,29,31H,9-10,13-15H2,1-3H3,(H,24,30)/t23-/m0/s1. The van der Waals surface area contributed by atoms with Gasteiger partial charge in [0.15, 0.2) is 5.65 Å². The van der Waals surface area contributed by atoms with E-state index in [-0.39, 0.29) is 24.4 Å². The first-order chi connectivity index (χ1) is 14.7. The third-order valence-corrected chi connectivity index (χ3v) is 5.86. The number of fused-ring (bicyclic) bond motifs is 1. The summed E-state index contributed by atoms with van der Waals surface area (Å²) in [5, 5.41) is 26.7. The number of aliphatic hydroxyl groups excluding tert-OH is 1. The lowest BCUT2D eigenvalue weighted by atomic mass is 9.82. The van der Waals surface area contributed by atoms with Crippen molar-refractivity contribution >= 4 is 17.2 Å². The largest absolute Gasteiger partial charge is 0.392 e. The van der Waals surface area contributed by atoms with E-state index >= 15 is 0 Å². The summed E-state index contributed by atoms with van der Waals surface area (Å²) in [4.78, 5) is 19.0. The first-order valence-electron chi connectivity index (χ1n) is 10.5. The molecule has 4 rings (SSSR count). The second kappa shape index (κ2) is 7.94. The highest BCUT2D eigenvalue weighted by Crippen LogP contribution is 2.36. The Hall–Kier alpha value is -2.97. The fourth-order valence-corrected chi connectivity index (χ4v) is 4.06. The van der Waals surface area contributed by atoms with Crippen molar-refractivity contribution in [1.29, 1.82) is 0 Å². The van der Waals surface area contributed by atoms with Gasteiger partial charge in [0.05, 0.1) is 24.1 Å². The molecule has 8 nitrogen and oxygen atoms in total. The van der Waals surface area contributed by atoms with Gasteiger partial charge in [0.2, 0.25) is 5.82 Å². The second-order valence-electron chi connectivity index (χ2n) is 9.18. The van der Waals surface area contributed by atoms with E-state index in [1.807, 2.05) is 18.3 Å². The summed E-state index contributed by atoms with van der Waals surface area (Å²) in [5.41, 5.74) is 2.32. The van der Waals surface area contributed by atoms with Gasteiger partial charge in [0.1, 0.15) is 0 Å². The van der Waals surface area contributed by atoms with Crippen molar-refractivity contribution in [2.45, 2.75) is 44.8 Å². The fourth-order valence-electron chi connectivity index (χ4n) is 4.06. The lowest BCUT2D eigenvalue weighted by molar-refractivity contribution is 0.0689. The zero-order valence-corrected chi connectivity index (χ0v) is 18.2. The minimum atomic E-state index is -1.03. The molecule has 3 aromatic rings. The Balaban J connectivity index is 1.60. The lowest BCUT2D eigenvalue weighted by Gasteiger charge is -2.26. The van der Waals surface area contributed by atoms with Crippen LogP contribution in [0.25, 0.3) is 5.65 Å². The van der Waals surface area contributed by atoms with Crippen LogP contribution >= 0.6 is 0 Å². The number of benzene rings is 1. The summed E-state index contributed by atoms with van der Waals surface area (Å²) >= 11 is 0. The van der Waals surface area contributed by atoms with Crippen LogP contribution in [0.3, 0.4) is 0 Å². The smallest absolute Gasteiger partial charge is 0.291 e. The van der Waals surface area contributed by atoms with Crippen LogP contribution in [-0.2, 0) is 12.0 Å². The highest BCUT2D eigenvalue weighted by Gasteiger charge is 2.35. The predicted molar refractivity (Wildman–Crippen MR) is 118 cm³/mol. The van der Waals surface area contributed by atoms with E-state index in [1.165, 1.54) is 5.56 Å². The maximum Gasteiger partial charge on any atom is 0.291 e. The van der Waals surface area contributed by atoms with Gasteiger partial charge >= 0.3 is 0 Å². The van der Waals surface area contributed by atoms with Crippen molar-refractivity contribution in [1.82, 2.24) is 19.9 Å². The number of hydrogen-bond acceptors (Lipinski definition) is 6. The van der Waals surface area contributed by atoms with Gasteiger partial charge in [-0.05, 0) is 31.9 Å². The second-order valence-corrected chi connectivity index (χ2v) is 9.18. The molecule has 1 amide bonds. The molecule has 0 radical (unpaired) electrons. The summed E-state index contributed by atoms with van der Waals surface area (Å²) in [5.74, 6) is -0.458. The van der Waals surface area contributed by atoms with Gasteiger partial charge < -0.3 is 20.4 Å². The summed E-state index contributed by atoms with van der Waals surface area (Å²) in [6, 6.07) is 12.4. The third kappa shape index (κ3) is 4.40. The highest BCUT2D eigenvalue weighted by molar-refractivity contribution is 5.91. The maximum atomic E-state index is 12.4. The average Bonchev–Trinajstić information content (AvgIpc) is 3.36. The zero-order chi connectivity index (χ0) is 22.2. The van der Waals surface area contributed by atoms with Crippen LogP contribution in [0.2, 0.25) is 0 Å². The molecule has 0 bridgehead atoms. The molecule has 1 atom stereocenters. The number of amides is 1. The predicted octanol–water partition coefficient (Wildman–Crippen LogP) is 1.89. The fraction of sp³-hybridized carbons (Fsp3) is 0.435. The molecular formula is C23H29N5O3. The molecule has 0 unspecified atom stereocenters. The Morgan fingerprint density at radius 3 is 2.71 bits per heavy atom. The number of aromatic nitrogens is 3. The van der Waals surface area contributed by atoms with E-state index in [0.717, 1.165) is 25.2 Å². The molecule has 0 spiro atoms. The zero-order valence-electron chi connectivity index (χ0n) is 18.2. The molecule has 31 heavy (non-hydrogen) atoms. The summed E-state index contributed by atoms with van der Waals surface area (Å²) in [7, 11) is 0. The minimum absolute atomic E-state index is 0.00615. The Labute approximate surface area is 181 Å². The van der Waals surface area contributed by atoms with Crippen molar-refractivity contribution in [2.75, 3.05) is 24.5 Å². The normalized spacial score (nSPS) is 19.2. The van der Waals surface area contributed by atoms with Gasteiger partial charge in [-0.15, -0.1) is 5.10 Å². The Morgan fingerprint density at radius 1 is 1.29 bits per heavy atom. The van der Waals surface area contributed by atoms with Gasteiger partial charge in [-0.1, -0.05) is 37.3 Å². The van der Waals surface area contributed by atoms with Crippen molar-refractivity contribution < 1.29 is 15.0 Å². The number of hydrogen-bond donors (Lipinski definition) is 3. The molecular weight excluding hydrogens is 394 g/mol. The van der Waals surface area contributed by atoms with E-state index in [9.17, 15) is 15.0 Å². The molecule has 0 aliphatic carbocycles. The number of carbonyl (C=O) groups is 1. The van der Waals surface area contributed by atoms with Crippen molar-refractivity contribution in [3.8, 4) is 0 Å². The minimum Gasteiger partial charge on any atom is -0.392 e. The SMILES string of the molecule is CC(C)(O)CNC(=O)c1nc2c(CO)cc(N3CC[C@](C)(c4ccccc4)C3)cn2n1. The maximum absolute atomic E-state index is 12.4. The average molecular weight is 424 g/mol. The Bertz CT molecular complexity index is 1090. The molecule has 0 saturated carbocycles. The van der Waals surface area contributed by atoms with Gasteiger partial charge in [-0.2, -0.15) is 0 Å². The molecule has 1 fully saturated rings. The van der Waals surface area contributed by atoms with Crippen molar-refractivity contribution in [3.63, 3.8) is 0 Å². The summed E-state index contributed by atoms with van der Waals surface area (Å²) in [6.07, 6.45) is 2.87.